The molecule has 0 N–H and O–H groups in total. The highest BCUT2D eigenvalue weighted by Gasteiger charge is 2.44. The zero-order valence-corrected chi connectivity index (χ0v) is 17.9. The summed E-state index contributed by atoms with van der Waals surface area (Å²) in [6.45, 7) is 4.77. The molecule has 0 aromatic heterocycles. The van der Waals surface area contributed by atoms with Gasteiger partial charge < -0.3 is 9.64 Å². The maximum atomic E-state index is 13.6. The zero-order valence-electron chi connectivity index (χ0n) is 16.4. The summed E-state index contributed by atoms with van der Waals surface area (Å²) < 4.78 is 19.4. The van der Waals surface area contributed by atoms with Gasteiger partial charge in [0.05, 0.1) is 28.5 Å². The number of halogens is 3. The molecule has 8 heteroatoms. The van der Waals surface area contributed by atoms with Gasteiger partial charge in [0.15, 0.2) is 0 Å². The van der Waals surface area contributed by atoms with Gasteiger partial charge in [0.2, 0.25) is 0 Å². The fraction of sp³-hybridized carbons (Fsp3) is 0.273. The fourth-order valence-electron chi connectivity index (χ4n) is 3.91. The average Bonchev–Trinajstić information content (AvgIpc) is 2.94. The van der Waals surface area contributed by atoms with Gasteiger partial charge in [-0.25, -0.2) is 9.29 Å². The van der Waals surface area contributed by atoms with Crippen molar-refractivity contribution in [1.29, 1.82) is 0 Å². The lowest BCUT2D eigenvalue weighted by Crippen LogP contribution is -2.47. The van der Waals surface area contributed by atoms with Crippen LogP contribution < -0.4 is 4.90 Å². The molecule has 5 nitrogen and oxygen atoms in total. The smallest absolute Gasteiger partial charge is 0.282 e. The first kappa shape index (κ1) is 20.8. The van der Waals surface area contributed by atoms with Gasteiger partial charge in [-0.15, -0.1) is 0 Å². The van der Waals surface area contributed by atoms with Crippen molar-refractivity contribution < 1.29 is 18.7 Å². The lowest BCUT2D eigenvalue weighted by molar-refractivity contribution is -0.121. The van der Waals surface area contributed by atoms with Crippen LogP contribution >= 0.6 is 23.2 Å². The van der Waals surface area contributed by atoms with E-state index in [4.69, 9.17) is 27.9 Å². The third-order valence-corrected chi connectivity index (χ3v) is 5.63. The van der Waals surface area contributed by atoms with Crippen LogP contribution in [0.1, 0.15) is 19.4 Å². The monoisotopic (exact) mass is 448 g/mol. The van der Waals surface area contributed by atoms with E-state index >= 15 is 0 Å². The van der Waals surface area contributed by atoms with Crippen molar-refractivity contribution in [2.24, 2.45) is 0 Å². The molecule has 156 valence electrons. The third kappa shape index (κ3) is 3.71. The van der Waals surface area contributed by atoms with E-state index in [0.717, 1.165) is 11.0 Å². The van der Waals surface area contributed by atoms with Crippen LogP contribution in [0.25, 0.3) is 5.57 Å². The van der Waals surface area contributed by atoms with Crippen molar-refractivity contribution in [3.05, 3.63) is 69.6 Å². The Morgan fingerprint density at radius 3 is 2.20 bits per heavy atom. The minimum absolute atomic E-state index is 0.107. The molecular formula is C22H19Cl2FN2O3. The number of benzene rings is 2. The third-order valence-electron chi connectivity index (χ3n) is 5.09. The van der Waals surface area contributed by atoms with Crippen molar-refractivity contribution in [2.75, 3.05) is 18.0 Å². The minimum atomic E-state index is -0.624. The molecule has 2 aromatic rings. The van der Waals surface area contributed by atoms with E-state index in [-0.39, 0.29) is 28.5 Å². The van der Waals surface area contributed by atoms with Gasteiger partial charge >= 0.3 is 0 Å². The highest BCUT2D eigenvalue weighted by Crippen LogP contribution is 2.37. The summed E-state index contributed by atoms with van der Waals surface area (Å²) >= 11 is 11.9. The van der Waals surface area contributed by atoms with Crippen molar-refractivity contribution in [3.63, 3.8) is 0 Å². The van der Waals surface area contributed by atoms with Crippen LogP contribution in [-0.4, -0.2) is 42.0 Å². The predicted molar refractivity (Wildman–Crippen MR) is 114 cm³/mol. The topological polar surface area (TPSA) is 49.9 Å². The summed E-state index contributed by atoms with van der Waals surface area (Å²) in [6, 6.07) is 10.5. The molecule has 0 bridgehead atoms. The number of anilines is 1. The Balaban J connectivity index is 1.84. The number of imide groups is 1. The van der Waals surface area contributed by atoms with Crippen LogP contribution in [-0.2, 0) is 14.3 Å². The van der Waals surface area contributed by atoms with Crippen molar-refractivity contribution in [3.8, 4) is 0 Å². The van der Waals surface area contributed by atoms with E-state index in [1.807, 2.05) is 18.7 Å². The largest absolute Gasteiger partial charge is 0.372 e. The number of hydrogen-bond donors (Lipinski definition) is 0. The molecule has 1 fully saturated rings. The highest BCUT2D eigenvalue weighted by atomic mass is 35.5. The van der Waals surface area contributed by atoms with Crippen LogP contribution in [0.5, 0.6) is 0 Å². The molecule has 2 unspecified atom stereocenters. The molecule has 0 saturated carbocycles. The summed E-state index contributed by atoms with van der Waals surface area (Å²) in [5.41, 5.74) is 1.37. The van der Waals surface area contributed by atoms with Gasteiger partial charge in [-0.2, -0.15) is 0 Å². The Hall–Kier alpha value is -2.41. The quantitative estimate of drug-likeness (QED) is 0.647. The standard InChI is InChI=1S/C22H19Cl2FN2O3/c1-12-10-26(11-13(2)30-12)20-19(14-3-5-15(23)6-4-14)21(28)27(22(20)29)16-7-8-18(25)17(24)9-16/h3-9,12-13H,10-11H2,1-2H3. The maximum absolute atomic E-state index is 13.6. The Morgan fingerprint density at radius 2 is 1.60 bits per heavy atom. The minimum Gasteiger partial charge on any atom is -0.372 e. The molecule has 0 spiro atoms. The molecular weight excluding hydrogens is 430 g/mol. The Morgan fingerprint density at radius 1 is 0.967 bits per heavy atom. The van der Waals surface area contributed by atoms with Gasteiger partial charge in [-0.1, -0.05) is 35.3 Å². The van der Waals surface area contributed by atoms with Crippen LogP contribution in [0.3, 0.4) is 0 Å². The lowest BCUT2D eigenvalue weighted by Gasteiger charge is -2.37. The number of carbonyl (C=O) groups is 2. The molecule has 2 aliphatic rings. The number of nitrogens with zero attached hydrogens (tertiary/aromatic N) is 2. The maximum Gasteiger partial charge on any atom is 0.282 e. The number of morpholine rings is 1. The Bertz CT molecular complexity index is 1040. The van der Waals surface area contributed by atoms with E-state index in [1.54, 1.807) is 24.3 Å². The van der Waals surface area contributed by atoms with Crippen molar-refractivity contribution in [2.45, 2.75) is 26.1 Å². The van der Waals surface area contributed by atoms with Crippen molar-refractivity contribution >= 4 is 46.3 Å². The summed E-state index contributed by atoms with van der Waals surface area (Å²) in [5.74, 6) is -1.60. The molecule has 2 aromatic carbocycles. The SMILES string of the molecule is CC1CN(C2=C(c3ccc(Cl)cc3)C(=O)N(c3ccc(F)c(Cl)c3)C2=O)CC(C)O1. The summed E-state index contributed by atoms with van der Waals surface area (Å²) in [5, 5.41) is 0.358. The van der Waals surface area contributed by atoms with Crippen LogP contribution in [0.15, 0.2) is 48.2 Å². The van der Waals surface area contributed by atoms with Gasteiger partial charge in [0.25, 0.3) is 11.8 Å². The van der Waals surface area contributed by atoms with Crippen molar-refractivity contribution in [1.82, 2.24) is 4.90 Å². The molecule has 30 heavy (non-hydrogen) atoms. The molecule has 2 heterocycles. The second-order valence-corrected chi connectivity index (χ2v) is 8.28. The second-order valence-electron chi connectivity index (χ2n) is 7.44. The summed E-state index contributed by atoms with van der Waals surface area (Å²) in [4.78, 5) is 29.8. The van der Waals surface area contributed by atoms with Gasteiger partial charge in [0, 0.05) is 18.1 Å². The van der Waals surface area contributed by atoms with Crippen LogP contribution in [0, 0.1) is 5.82 Å². The van der Waals surface area contributed by atoms with E-state index in [2.05, 4.69) is 0 Å². The number of carbonyl (C=O) groups excluding carboxylic acids is 2. The highest BCUT2D eigenvalue weighted by molar-refractivity contribution is 6.45. The number of ether oxygens (including phenoxy) is 1. The zero-order chi connectivity index (χ0) is 21.6. The van der Waals surface area contributed by atoms with Gasteiger partial charge in [-0.05, 0) is 49.7 Å². The van der Waals surface area contributed by atoms with E-state index < -0.39 is 17.6 Å². The van der Waals surface area contributed by atoms with E-state index in [9.17, 15) is 14.0 Å². The number of rotatable bonds is 3. The Labute approximate surface area is 183 Å². The van der Waals surface area contributed by atoms with E-state index in [0.29, 0.717) is 29.4 Å². The fourth-order valence-corrected chi connectivity index (χ4v) is 4.21. The molecule has 0 radical (unpaired) electrons. The van der Waals surface area contributed by atoms with E-state index in [1.165, 1.54) is 12.1 Å². The van der Waals surface area contributed by atoms with Gasteiger partial charge in [0.1, 0.15) is 11.5 Å². The molecule has 2 aliphatic heterocycles. The molecule has 4 rings (SSSR count). The summed E-state index contributed by atoms with van der Waals surface area (Å²) in [6.07, 6.45) is -0.213. The lowest BCUT2D eigenvalue weighted by atomic mass is 10.0. The number of amides is 2. The first-order chi connectivity index (χ1) is 14.3. The first-order valence-corrected chi connectivity index (χ1v) is 10.3. The number of hydrogen-bond acceptors (Lipinski definition) is 4. The second kappa shape index (κ2) is 8.02. The van der Waals surface area contributed by atoms with Crippen LogP contribution in [0.4, 0.5) is 10.1 Å². The molecule has 2 amide bonds. The Kier molecular flexibility index (Phi) is 5.57. The van der Waals surface area contributed by atoms with Gasteiger partial charge in [-0.3, -0.25) is 9.59 Å². The molecule has 1 saturated heterocycles. The average molecular weight is 449 g/mol. The molecule has 2 atom stereocenters. The van der Waals surface area contributed by atoms with Crippen LogP contribution in [0.2, 0.25) is 10.0 Å². The summed E-state index contributed by atoms with van der Waals surface area (Å²) in [7, 11) is 0. The molecule has 0 aliphatic carbocycles. The first-order valence-electron chi connectivity index (χ1n) is 9.50. The predicted octanol–water partition coefficient (Wildman–Crippen LogP) is 4.53. The normalized spacial score (nSPS) is 22.3.